The molecule has 1 aliphatic carbocycles. The molecule has 0 aromatic rings. The number of ether oxygens (including phenoxy) is 1. The third-order valence-electron chi connectivity index (χ3n) is 4.25. The summed E-state index contributed by atoms with van der Waals surface area (Å²) in [6, 6.07) is 0.515. The van der Waals surface area contributed by atoms with Crippen LogP contribution in [0.4, 0.5) is 0 Å². The zero-order valence-corrected chi connectivity index (χ0v) is 12.8. The van der Waals surface area contributed by atoms with E-state index in [1.807, 2.05) is 0 Å². The molecule has 4 nitrogen and oxygen atoms in total. The van der Waals surface area contributed by atoms with Gasteiger partial charge in [0, 0.05) is 19.2 Å². The number of hydrogen-bond acceptors (Lipinski definition) is 4. The zero-order chi connectivity index (χ0) is 13.7. The standard InChI is InChI=1S/C14H27NO3S/c1-12-4-2-5-13(10-12)15-7-9-19(16,17)11-14-6-3-8-18-14/h12-15H,2-11H2,1H3. The molecule has 1 heterocycles. The Kier molecular flexibility index (Phi) is 5.66. The maximum absolute atomic E-state index is 12.0. The first kappa shape index (κ1) is 15.3. The highest BCUT2D eigenvalue weighted by atomic mass is 32.2. The Hall–Kier alpha value is -0.130. The fourth-order valence-corrected chi connectivity index (χ4v) is 4.61. The van der Waals surface area contributed by atoms with Crippen LogP contribution in [0, 0.1) is 5.92 Å². The van der Waals surface area contributed by atoms with Crippen molar-refractivity contribution in [3.05, 3.63) is 0 Å². The molecule has 112 valence electrons. The van der Waals surface area contributed by atoms with Gasteiger partial charge in [-0.25, -0.2) is 8.42 Å². The molecule has 0 radical (unpaired) electrons. The lowest BCUT2D eigenvalue weighted by atomic mass is 9.87. The third-order valence-corrected chi connectivity index (χ3v) is 5.95. The molecule has 2 fully saturated rings. The quantitative estimate of drug-likeness (QED) is 0.809. The predicted molar refractivity (Wildman–Crippen MR) is 77.1 cm³/mol. The molecule has 19 heavy (non-hydrogen) atoms. The molecule has 1 saturated heterocycles. The van der Waals surface area contributed by atoms with Gasteiger partial charge in [0.05, 0.1) is 17.6 Å². The molecule has 0 amide bonds. The van der Waals surface area contributed by atoms with Crippen molar-refractivity contribution in [2.75, 3.05) is 24.7 Å². The highest BCUT2D eigenvalue weighted by Crippen LogP contribution is 2.23. The second-order valence-corrected chi connectivity index (χ2v) is 8.40. The summed E-state index contributed by atoms with van der Waals surface area (Å²) in [4.78, 5) is 0. The van der Waals surface area contributed by atoms with Gasteiger partial charge in [0.25, 0.3) is 0 Å². The van der Waals surface area contributed by atoms with Crippen LogP contribution in [0.15, 0.2) is 0 Å². The van der Waals surface area contributed by atoms with Crippen LogP contribution in [0.2, 0.25) is 0 Å². The Morgan fingerprint density at radius 1 is 1.21 bits per heavy atom. The molecule has 0 bridgehead atoms. The van der Waals surface area contributed by atoms with Gasteiger partial charge in [-0.3, -0.25) is 0 Å². The lowest BCUT2D eigenvalue weighted by Crippen LogP contribution is -2.37. The Morgan fingerprint density at radius 3 is 2.74 bits per heavy atom. The van der Waals surface area contributed by atoms with Crippen molar-refractivity contribution in [2.45, 2.75) is 57.6 Å². The van der Waals surface area contributed by atoms with Gasteiger partial charge >= 0.3 is 0 Å². The zero-order valence-electron chi connectivity index (χ0n) is 11.9. The number of sulfone groups is 1. The third kappa shape index (κ3) is 5.40. The molecular formula is C14H27NO3S. The largest absolute Gasteiger partial charge is 0.377 e. The molecule has 3 atom stereocenters. The van der Waals surface area contributed by atoms with Gasteiger partial charge in [0.15, 0.2) is 9.84 Å². The molecule has 1 aliphatic heterocycles. The minimum absolute atomic E-state index is 0.0558. The van der Waals surface area contributed by atoms with E-state index in [1.54, 1.807) is 0 Å². The van der Waals surface area contributed by atoms with E-state index in [-0.39, 0.29) is 17.6 Å². The molecular weight excluding hydrogens is 262 g/mol. The molecule has 3 unspecified atom stereocenters. The van der Waals surface area contributed by atoms with E-state index >= 15 is 0 Å². The summed E-state index contributed by atoms with van der Waals surface area (Å²) in [6.45, 7) is 3.59. The fourth-order valence-electron chi connectivity index (χ4n) is 3.18. The van der Waals surface area contributed by atoms with E-state index in [9.17, 15) is 8.42 Å². The van der Waals surface area contributed by atoms with Crippen LogP contribution in [-0.2, 0) is 14.6 Å². The summed E-state index contributed by atoms with van der Waals surface area (Å²) in [5.41, 5.74) is 0. The Bertz CT molecular complexity index is 363. The first-order valence-electron chi connectivity index (χ1n) is 7.60. The van der Waals surface area contributed by atoms with Crippen LogP contribution < -0.4 is 5.32 Å². The van der Waals surface area contributed by atoms with Gasteiger partial charge < -0.3 is 10.1 Å². The second kappa shape index (κ2) is 7.04. The number of nitrogens with one attached hydrogen (secondary N) is 1. The van der Waals surface area contributed by atoms with Crippen LogP contribution in [0.25, 0.3) is 0 Å². The van der Waals surface area contributed by atoms with Gasteiger partial charge in [-0.2, -0.15) is 0 Å². The summed E-state index contributed by atoms with van der Waals surface area (Å²) < 4.78 is 29.3. The Labute approximate surface area is 117 Å². The van der Waals surface area contributed by atoms with Crippen molar-refractivity contribution in [3.8, 4) is 0 Å². The van der Waals surface area contributed by atoms with E-state index in [1.165, 1.54) is 25.7 Å². The molecule has 1 saturated carbocycles. The van der Waals surface area contributed by atoms with Gasteiger partial charge in [0.1, 0.15) is 0 Å². The Morgan fingerprint density at radius 2 is 2.05 bits per heavy atom. The normalized spacial score (nSPS) is 32.6. The van der Waals surface area contributed by atoms with Crippen molar-refractivity contribution >= 4 is 9.84 Å². The lowest BCUT2D eigenvalue weighted by molar-refractivity contribution is 0.127. The van der Waals surface area contributed by atoms with Crippen molar-refractivity contribution in [2.24, 2.45) is 5.92 Å². The topological polar surface area (TPSA) is 55.4 Å². The van der Waals surface area contributed by atoms with Gasteiger partial charge in [-0.15, -0.1) is 0 Å². The number of rotatable bonds is 6. The van der Waals surface area contributed by atoms with Gasteiger partial charge in [0.2, 0.25) is 0 Å². The monoisotopic (exact) mass is 289 g/mol. The van der Waals surface area contributed by atoms with E-state index in [0.717, 1.165) is 25.4 Å². The smallest absolute Gasteiger partial charge is 0.154 e. The maximum Gasteiger partial charge on any atom is 0.154 e. The van der Waals surface area contributed by atoms with Crippen LogP contribution in [0.5, 0.6) is 0 Å². The molecule has 0 aromatic heterocycles. The summed E-state index contributed by atoms with van der Waals surface area (Å²) >= 11 is 0. The minimum Gasteiger partial charge on any atom is -0.377 e. The highest BCUT2D eigenvalue weighted by molar-refractivity contribution is 7.91. The van der Waals surface area contributed by atoms with Crippen molar-refractivity contribution in [3.63, 3.8) is 0 Å². The van der Waals surface area contributed by atoms with Crippen molar-refractivity contribution in [1.29, 1.82) is 0 Å². The molecule has 2 rings (SSSR count). The van der Waals surface area contributed by atoms with Crippen LogP contribution in [-0.4, -0.2) is 45.2 Å². The lowest BCUT2D eigenvalue weighted by Gasteiger charge is -2.27. The molecule has 5 heteroatoms. The Balaban J connectivity index is 1.66. The maximum atomic E-state index is 12.0. The average molecular weight is 289 g/mol. The van der Waals surface area contributed by atoms with Gasteiger partial charge in [-0.1, -0.05) is 19.8 Å². The molecule has 1 N–H and O–H groups in total. The highest BCUT2D eigenvalue weighted by Gasteiger charge is 2.24. The van der Waals surface area contributed by atoms with Crippen molar-refractivity contribution < 1.29 is 13.2 Å². The first-order chi connectivity index (χ1) is 9.05. The predicted octanol–water partition coefficient (Wildman–Crippen LogP) is 1.75. The summed E-state index contributed by atoms with van der Waals surface area (Å²) in [5, 5.41) is 3.41. The number of hydrogen-bond donors (Lipinski definition) is 1. The summed E-state index contributed by atoms with van der Waals surface area (Å²) in [7, 11) is -2.97. The molecule has 2 aliphatic rings. The van der Waals surface area contributed by atoms with Crippen molar-refractivity contribution in [1.82, 2.24) is 5.32 Å². The second-order valence-electron chi connectivity index (χ2n) is 6.17. The first-order valence-corrected chi connectivity index (χ1v) is 9.43. The van der Waals surface area contributed by atoms with Crippen LogP contribution in [0.1, 0.15) is 45.4 Å². The molecule has 0 spiro atoms. The van der Waals surface area contributed by atoms with E-state index < -0.39 is 9.84 Å². The van der Waals surface area contributed by atoms with E-state index in [4.69, 9.17) is 4.74 Å². The summed E-state index contributed by atoms with van der Waals surface area (Å²) in [5.74, 6) is 1.22. The minimum atomic E-state index is -2.97. The van der Waals surface area contributed by atoms with E-state index in [2.05, 4.69) is 12.2 Å². The van der Waals surface area contributed by atoms with Crippen LogP contribution >= 0.6 is 0 Å². The van der Waals surface area contributed by atoms with Gasteiger partial charge in [-0.05, 0) is 31.6 Å². The van der Waals surface area contributed by atoms with E-state index in [0.29, 0.717) is 12.6 Å². The van der Waals surface area contributed by atoms with Crippen LogP contribution in [0.3, 0.4) is 0 Å². The fraction of sp³-hybridized carbons (Fsp3) is 1.00. The summed E-state index contributed by atoms with van der Waals surface area (Å²) in [6.07, 6.45) is 6.80. The SMILES string of the molecule is CC1CCCC(NCCS(=O)(=O)CC2CCCO2)C1. The average Bonchev–Trinajstić information content (AvgIpc) is 2.80. The molecule has 0 aromatic carbocycles.